The Bertz CT molecular complexity index is 265. The van der Waals surface area contributed by atoms with Crippen molar-refractivity contribution >= 4 is 0 Å². The lowest BCUT2D eigenvalue weighted by molar-refractivity contribution is 0.335. The van der Waals surface area contributed by atoms with E-state index >= 15 is 0 Å². The summed E-state index contributed by atoms with van der Waals surface area (Å²) in [4.78, 5) is 5.79. The van der Waals surface area contributed by atoms with E-state index in [4.69, 9.17) is 5.73 Å². The first-order valence-corrected chi connectivity index (χ1v) is 4.20. The summed E-state index contributed by atoms with van der Waals surface area (Å²) < 4.78 is 12.7. The summed E-state index contributed by atoms with van der Waals surface area (Å²) in [6.45, 7) is 2.09. The average Bonchev–Trinajstić information content (AvgIpc) is 2.04. The Morgan fingerprint density at radius 3 is 2.92 bits per heavy atom. The van der Waals surface area contributed by atoms with Gasteiger partial charge in [-0.25, -0.2) is 4.39 Å². The lowest BCUT2D eigenvalue weighted by Crippen LogP contribution is -2.25. The second kappa shape index (κ2) is 4.89. The van der Waals surface area contributed by atoms with Crippen LogP contribution in [0.4, 0.5) is 4.39 Å². The molecule has 2 N–H and O–H groups in total. The first-order valence-electron chi connectivity index (χ1n) is 4.20. The van der Waals surface area contributed by atoms with Crippen LogP contribution in [0.15, 0.2) is 18.5 Å². The van der Waals surface area contributed by atoms with Gasteiger partial charge >= 0.3 is 0 Å². The van der Waals surface area contributed by atoms with Crippen LogP contribution in [0.5, 0.6) is 0 Å². The Morgan fingerprint density at radius 1 is 1.54 bits per heavy atom. The number of hydrogen-bond donors (Lipinski definition) is 1. The Labute approximate surface area is 77.4 Å². The highest BCUT2D eigenvalue weighted by Crippen LogP contribution is 2.03. The highest BCUT2D eigenvalue weighted by atomic mass is 19.1. The van der Waals surface area contributed by atoms with E-state index in [1.807, 2.05) is 11.9 Å². The fourth-order valence-electron chi connectivity index (χ4n) is 1.15. The molecule has 0 fully saturated rings. The van der Waals surface area contributed by atoms with E-state index in [0.717, 1.165) is 12.1 Å². The van der Waals surface area contributed by atoms with Crippen molar-refractivity contribution in [2.24, 2.45) is 5.73 Å². The van der Waals surface area contributed by atoms with E-state index < -0.39 is 0 Å². The Hall–Kier alpha value is -1.00. The Kier molecular flexibility index (Phi) is 3.79. The molecule has 0 aliphatic heterocycles. The maximum atomic E-state index is 12.7. The molecule has 72 valence electrons. The number of halogens is 1. The molecule has 0 spiro atoms. The highest BCUT2D eigenvalue weighted by Gasteiger charge is 2.00. The number of nitrogens with two attached hydrogens (primary N) is 1. The van der Waals surface area contributed by atoms with Crippen molar-refractivity contribution in [2.75, 3.05) is 20.1 Å². The van der Waals surface area contributed by atoms with Gasteiger partial charge in [-0.3, -0.25) is 4.98 Å². The number of nitrogens with zero attached hydrogens (tertiary/aromatic N) is 2. The zero-order valence-corrected chi connectivity index (χ0v) is 7.70. The third-order valence-electron chi connectivity index (χ3n) is 1.72. The van der Waals surface area contributed by atoms with Gasteiger partial charge in [0.1, 0.15) is 5.82 Å². The standard InChI is InChI=1S/C9H14FN3/c1-13(3-2-11)7-8-4-9(10)6-12-5-8/h4-6H,2-3,7,11H2,1H3. The molecule has 0 atom stereocenters. The summed E-state index contributed by atoms with van der Waals surface area (Å²) in [7, 11) is 1.94. The van der Waals surface area contributed by atoms with E-state index in [9.17, 15) is 4.39 Å². The molecule has 1 heterocycles. The van der Waals surface area contributed by atoms with E-state index in [1.165, 1.54) is 12.3 Å². The van der Waals surface area contributed by atoms with E-state index in [2.05, 4.69) is 4.98 Å². The van der Waals surface area contributed by atoms with Gasteiger partial charge in [0.25, 0.3) is 0 Å². The van der Waals surface area contributed by atoms with Crippen LogP contribution in [0.1, 0.15) is 5.56 Å². The van der Waals surface area contributed by atoms with Gasteiger partial charge in [-0.15, -0.1) is 0 Å². The first kappa shape index (κ1) is 10.1. The molecule has 0 aliphatic rings. The minimum Gasteiger partial charge on any atom is -0.329 e. The zero-order valence-electron chi connectivity index (χ0n) is 7.70. The fourth-order valence-corrected chi connectivity index (χ4v) is 1.15. The molecule has 0 bridgehead atoms. The second-order valence-electron chi connectivity index (χ2n) is 3.04. The lowest BCUT2D eigenvalue weighted by Gasteiger charge is -2.14. The molecule has 0 unspecified atom stereocenters. The van der Waals surface area contributed by atoms with E-state index in [1.54, 1.807) is 6.20 Å². The third kappa shape index (κ3) is 3.48. The molecule has 1 rings (SSSR count). The van der Waals surface area contributed by atoms with E-state index in [-0.39, 0.29) is 5.82 Å². The third-order valence-corrected chi connectivity index (χ3v) is 1.72. The van der Waals surface area contributed by atoms with Gasteiger partial charge in [0.2, 0.25) is 0 Å². The molecule has 0 aliphatic carbocycles. The molecule has 0 saturated carbocycles. The predicted octanol–water partition coefficient (Wildman–Crippen LogP) is 0.611. The maximum Gasteiger partial charge on any atom is 0.141 e. The maximum absolute atomic E-state index is 12.7. The topological polar surface area (TPSA) is 42.1 Å². The van der Waals surface area contributed by atoms with Gasteiger partial charge in [-0.05, 0) is 18.7 Å². The molecule has 4 heteroatoms. The highest BCUT2D eigenvalue weighted by molar-refractivity contribution is 5.09. The monoisotopic (exact) mass is 183 g/mol. The largest absolute Gasteiger partial charge is 0.329 e. The molecule has 0 radical (unpaired) electrons. The van der Waals surface area contributed by atoms with Crippen molar-refractivity contribution in [1.29, 1.82) is 0 Å². The summed E-state index contributed by atoms with van der Waals surface area (Å²) in [5.74, 6) is -0.293. The molecule has 13 heavy (non-hydrogen) atoms. The summed E-state index contributed by atoms with van der Waals surface area (Å²) in [5, 5.41) is 0. The van der Waals surface area contributed by atoms with Crippen molar-refractivity contribution in [3.05, 3.63) is 29.8 Å². The molecular weight excluding hydrogens is 169 g/mol. The van der Waals surface area contributed by atoms with Gasteiger partial charge in [-0.1, -0.05) is 0 Å². The van der Waals surface area contributed by atoms with Crippen LogP contribution in [0.2, 0.25) is 0 Å². The Morgan fingerprint density at radius 2 is 2.31 bits per heavy atom. The molecule has 0 amide bonds. The summed E-state index contributed by atoms with van der Waals surface area (Å²) in [5.41, 5.74) is 6.25. The minimum absolute atomic E-state index is 0.293. The van der Waals surface area contributed by atoms with Crippen molar-refractivity contribution in [3.63, 3.8) is 0 Å². The smallest absolute Gasteiger partial charge is 0.141 e. The van der Waals surface area contributed by atoms with Crippen LogP contribution < -0.4 is 5.73 Å². The van der Waals surface area contributed by atoms with Gasteiger partial charge < -0.3 is 10.6 Å². The van der Waals surface area contributed by atoms with Crippen molar-refractivity contribution in [3.8, 4) is 0 Å². The van der Waals surface area contributed by atoms with Gasteiger partial charge in [0.05, 0.1) is 6.20 Å². The lowest BCUT2D eigenvalue weighted by atomic mass is 10.2. The van der Waals surface area contributed by atoms with E-state index in [0.29, 0.717) is 13.1 Å². The van der Waals surface area contributed by atoms with Crippen LogP contribution >= 0.6 is 0 Å². The summed E-state index contributed by atoms with van der Waals surface area (Å²) >= 11 is 0. The van der Waals surface area contributed by atoms with Crippen LogP contribution in [-0.2, 0) is 6.54 Å². The van der Waals surface area contributed by atoms with Crippen LogP contribution in [0.25, 0.3) is 0 Å². The number of hydrogen-bond acceptors (Lipinski definition) is 3. The number of likely N-dealkylation sites (N-methyl/N-ethyl adjacent to an activating group) is 1. The average molecular weight is 183 g/mol. The predicted molar refractivity (Wildman–Crippen MR) is 49.6 cm³/mol. The molecule has 0 saturated heterocycles. The zero-order chi connectivity index (χ0) is 9.68. The first-order chi connectivity index (χ1) is 6.22. The summed E-state index contributed by atoms with van der Waals surface area (Å²) in [6, 6.07) is 1.49. The SMILES string of the molecule is CN(CCN)Cc1cncc(F)c1. The number of rotatable bonds is 4. The van der Waals surface area contributed by atoms with Crippen molar-refractivity contribution in [1.82, 2.24) is 9.88 Å². The van der Waals surface area contributed by atoms with Gasteiger partial charge in [0.15, 0.2) is 0 Å². The molecular formula is C9H14FN3. The molecule has 0 aromatic carbocycles. The van der Waals surface area contributed by atoms with Crippen LogP contribution in [0, 0.1) is 5.82 Å². The van der Waals surface area contributed by atoms with Gasteiger partial charge in [-0.2, -0.15) is 0 Å². The fraction of sp³-hybridized carbons (Fsp3) is 0.444. The normalized spacial score (nSPS) is 10.8. The number of aromatic nitrogens is 1. The van der Waals surface area contributed by atoms with Crippen LogP contribution in [-0.4, -0.2) is 30.0 Å². The Balaban J connectivity index is 2.53. The second-order valence-corrected chi connectivity index (χ2v) is 3.04. The number of pyridine rings is 1. The molecule has 1 aromatic rings. The quantitative estimate of drug-likeness (QED) is 0.743. The molecule has 1 aromatic heterocycles. The summed E-state index contributed by atoms with van der Waals surface area (Å²) in [6.07, 6.45) is 2.86. The van der Waals surface area contributed by atoms with Crippen molar-refractivity contribution in [2.45, 2.75) is 6.54 Å². The van der Waals surface area contributed by atoms with Crippen molar-refractivity contribution < 1.29 is 4.39 Å². The molecule has 3 nitrogen and oxygen atoms in total. The van der Waals surface area contributed by atoms with Gasteiger partial charge in [0, 0.05) is 25.8 Å². The minimum atomic E-state index is -0.293. The van der Waals surface area contributed by atoms with Crippen LogP contribution in [0.3, 0.4) is 0 Å².